The topological polar surface area (TPSA) is 75.9 Å². The van der Waals surface area contributed by atoms with E-state index in [9.17, 15) is 9.90 Å². The van der Waals surface area contributed by atoms with Crippen LogP contribution >= 0.6 is 11.6 Å². The third-order valence-corrected chi connectivity index (χ3v) is 5.07. The first-order valence-corrected chi connectivity index (χ1v) is 10.4. The summed E-state index contributed by atoms with van der Waals surface area (Å²) in [5, 5.41) is 16.9. The second kappa shape index (κ2) is 11.4. The summed E-state index contributed by atoms with van der Waals surface area (Å²) in [4.78, 5) is 17.0. The largest absolute Gasteiger partial charge is 1.00 e. The first-order valence-electron chi connectivity index (χ1n) is 10.1. The van der Waals surface area contributed by atoms with Gasteiger partial charge in [-0.3, -0.25) is 0 Å². The average molecular weight is 471 g/mol. The van der Waals surface area contributed by atoms with Crippen molar-refractivity contribution < 1.29 is 49.0 Å². The number of nitrogens with zero attached hydrogens (tertiary/aromatic N) is 2. The fourth-order valence-electron chi connectivity index (χ4n) is 3.40. The van der Waals surface area contributed by atoms with Gasteiger partial charge in [-0.25, -0.2) is 0 Å². The molecule has 4 aromatic rings. The fourth-order valence-corrected chi connectivity index (χ4v) is 3.58. The molecule has 33 heavy (non-hydrogen) atoms. The molecule has 0 aliphatic rings. The summed E-state index contributed by atoms with van der Waals surface area (Å²) in [6.45, 7) is 2.52. The molecule has 0 unspecified atom stereocenters. The number of halogens is 1. The minimum absolute atomic E-state index is 0. The van der Waals surface area contributed by atoms with Gasteiger partial charge in [0.25, 0.3) is 0 Å². The molecular weight excluding hydrogens is 451 g/mol. The Morgan fingerprint density at radius 3 is 2.52 bits per heavy atom. The van der Waals surface area contributed by atoms with E-state index in [2.05, 4.69) is 5.16 Å². The Morgan fingerprint density at radius 2 is 1.79 bits per heavy atom. The van der Waals surface area contributed by atoms with Crippen LogP contribution < -0.4 is 39.4 Å². The molecule has 0 spiro atoms. The van der Waals surface area contributed by atoms with Crippen LogP contribution in [0.25, 0.3) is 10.9 Å². The maximum Gasteiger partial charge on any atom is 1.00 e. The molecule has 1 aromatic heterocycles. The Bertz CT molecular complexity index is 1290. The number of ether oxygens (including phenoxy) is 1. The Hall–Kier alpha value is -2.77. The summed E-state index contributed by atoms with van der Waals surface area (Å²) in [5.41, 5.74) is 2.17. The number of carboxylic acid groups (broad SMARTS) is 1. The van der Waals surface area contributed by atoms with Gasteiger partial charge < -0.3 is 24.0 Å². The van der Waals surface area contributed by atoms with Crippen molar-refractivity contribution in [2.75, 3.05) is 6.61 Å². The maximum absolute atomic E-state index is 11.6. The number of benzene rings is 3. The van der Waals surface area contributed by atoms with Crippen molar-refractivity contribution in [2.45, 2.75) is 13.5 Å². The molecule has 0 atom stereocenters. The van der Waals surface area contributed by atoms with E-state index in [0.29, 0.717) is 34.0 Å². The van der Waals surface area contributed by atoms with Gasteiger partial charge in [-0.2, -0.15) is 0 Å². The van der Waals surface area contributed by atoms with Gasteiger partial charge in [0.15, 0.2) is 0 Å². The summed E-state index contributed by atoms with van der Waals surface area (Å²) >= 11 is 6.08. The van der Waals surface area contributed by atoms with Crippen molar-refractivity contribution in [2.24, 2.45) is 5.16 Å². The number of fused-ring (bicyclic) bond motifs is 1. The van der Waals surface area contributed by atoms with E-state index in [0.717, 1.165) is 11.3 Å². The van der Waals surface area contributed by atoms with Crippen LogP contribution in [0.2, 0.25) is 5.02 Å². The van der Waals surface area contributed by atoms with Crippen molar-refractivity contribution in [3.63, 3.8) is 0 Å². The molecular formula is C25H20ClN2NaO4. The van der Waals surface area contributed by atoms with Gasteiger partial charge >= 0.3 is 29.6 Å². The quantitative estimate of drug-likeness (QED) is 0.224. The molecule has 3 aromatic carbocycles. The number of oxime groups is 1. The minimum atomic E-state index is -1.27. The third kappa shape index (κ3) is 5.97. The van der Waals surface area contributed by atoms with E-state index in [-0.39, 0.29) is 41.7 Å². The van der Waals surface area contributed by atoms with E-state index < -0.39 is 5.97 Å². The Labute approximate surface area is 218 Å². The molecule has 0 saturated carbocycles. The van der Waals surface area contributed by atoms with E-state index in [4.69, 9.17) is 21.2 Å². The van der Waals surface area contributed by atoms with E-state index in [1.54, 1.807) is 22.8 Å². The number of hydrogen-bond donors (Lipinski definition) is 0. The van der Waals surface area contributed by atoms with Gasteiger partial charge in [-0.1, -0.05) is 47.1 Å². The molecule has 0 amide bonds. The zero-order chi connectivity index (χ0) is 22.5. The van der Waals surface area contributed by atoms with Crippen molar-refractivity contribution in [1.29, 1.82) is 0 Å². The SMILES string of the molecule is CCO/N=C(\Cn1cc(C(=O)[O-])c2cc(Cl)ccc21)c1cccc(Oc2ccccc2)c1.[Na+]. The van der Waals surface area contributed by atoms with Crippen LogP contribution in [0.3, 0.4) is 0 Å². The second-order valence-electron chi connectivity index (χ2n) is 7.02. The van der Waals surface area contributed by atoms with Gasteiger partial charge in [0.2, 0.25) is 0 Å². The van der Waals surface area contributed by atoms with Gasteiger partial charge in [-0.05, 0) is 49.4 Å². The van der Waals surface area contributed by atoms with E-state index in [1.807, 2.05) is 61.5 Å². The van der Waals surface area contributed by atoms with Crippen LogP contribution in [0, 0.1) is 0 Å². The second-order valence-corrected chi connectivity index (χ2v) is 7.45. The smallest absolute Gasteiger partial charge is 0.545 e. The van der Waals surface area contributed by atoms with Crippen LogP contribution in [0.5, 0.6) is 11.5 Å². The molecule has 6 nitrogen and oxygen atoms in total. The number of hydrogen-bond acceptors (Lipinski definition) is 5. The average Bonchev–Trinajstić information content (AvgIpc) is 3.15. The number of rotatable bonds is 8. The molecule has 0 aliphatic heterocycles. The van der Waals surface area contributed by atoms with Gasteiger partial charge in [-0.15, -0.1) is 0 Å². The van der Waals surface area contributed by atoms with E-state index >= 15 is 0 Å². The number of aromatic nitrogens is 1. The number of carbonyl (C=O) groups excluding carboxylic acids is 1. The number of para-hydroxylation sites is 1. The van der Waals surface area contributed by atoms with Crippen LogP contribution in [-0.2, 0) is 11.4 Å². The van der Waals surface area contributed by atoms with E-state index in [1.165, 1.54) is 6.20 Å². The maximum atomic E-state index is 11.6. The molecule has 0 saturated heterocycles. The van der Waals surface area contributed by atoms with Crippen LogP contribution in [0.1, 0.15) is 22.8 Å². The van der Waals surface area contributed by atoms with Crippen LogP contribution in [0.15, 0.2) is 84.1 Å². The zero-order valence-electron chi connectivity index (χ0n) is 18.3. The molecule has 0 radical (unpaired) electrons. The zero-order valence-corrected chi connectivity index (χ0v) is 21.1. The summed E-state index contributed by atoms with van der Waals surface area (Å²) < 4.78 is 7.73. The first kappa shape index (κ1) is 24.9. The van der Waals surface area contributed by atoms with Crippen molar-refractivity contribution in [1.82, 2.24) is 4.57 Å². The number of carbonyl (C=O) groups is 1. The van der Waals surface area contributed by atoms with Crippen molar-refractivity contribution in [3.8, 4) is 11.5 Å². The summed E-state index contributed by atoms with van der Waals surface area (Å²) in [5.74, 6) is 0.106. The normalized spacial score (nSPS) is 11.2. The van der Waals surface area contributed by atoms with Crippen LogP contribution in [0.4, 0.5) is 0 Å². The Morgan fingerprint density at radius 1 is 1.03 bits per heavy atom. The van der Waals surface area contributed by atoms with Gasteiger partial charge in [0, 0.05) is 33.2 Å². The van der Waals surface area contributed by atoms with Crippen LogP contribution in [-0.4, -0.2) is 22.9 Å². The minimum Gasteiger partial charge on any atom is -0.545 e. The summed E-state index contributed by atoms with van der Waals surface area (Å²) in [6.07, 6.45) is 1.53. The van der Waals surface area contributed by atoms with Crippen molar-refractivity contribution >= 4 is 34.2 Å². The van der Waals surface area contributed by atoms with Crippen molar-refractivity contribution in [3.05, 3.63) is 95.1 Å². The molecule has 0 bridgehead atoms. The number of aromatic carboxylic acids is 1. The summed E-state index contributed by atoms with van der Waals surface area (Å²) in [6, 6.07) is 22.1. The predicted molar refractivity (Wildman–Crippen MR) is 122 cm³/mol. The first-order chi connectivity index (χ1) is 15.5. The van der Waals surface area contributed by atoms with Gasteiger partial charge in [0.1, 0.15) is 23.8 Å². The molecule has 8 heteroatoms. The molecule has 0 N–H and O–H groups in total. The monoisotopic (exact) mass is 470 g/mol. The molecule has 1 heterocycles. The fraction of sp³-hybridized carbons (Fsp3) is 0.120. The molecule has 162 valence electrons. The predicted octanol–water partition coefficient (Wildman–Crippen LogP) is 1.90. The Balaban J connectivity index is 0.00000306. The third-order valence-electron chi connectivity index (χ3n) is 4.83. The molecule has 0 fully saturated rings. The standard InChI is InChI=1S/C25H21ClN2O4.Na/c1-2-31-27-23(17-7-6-10-20(13-17)32-19-8-4-3-5-9-19)16-28-15-22(25(29)30)21-14-18(26)11-12-24(21)28;/h3-15H,2,16H2,1H3,(H,29,30);/q;+1/p-1/b27-23+;. The molecule has 0 aliphatic carbocycles. The van der Waals surface area contributed by atoms with Gasteiger partial charge in [0.05, 0.1) is 12.5 Å². The summed E-state index contributed by atoms with van der Waals surface area (Å²) in [7, 11) is 0. The molecule has 4 rings (SSSR count). The Kier molecular flexibility index (Phi) is 8.58. The number of carboxylic acids is 1.